The lowest BCUT2D eigenvalue weighted by molar-refractivity contribution is -0.109. The van der Waals surface area contributed by atoms with Crippen molar-refractivity contribution in [1.82, 2.24) is 5.32 Å². The molecule has 0 aromatic heterocycles. The summed E-state index contributed by atoms with van der Waals surface area (Å²) in [4.78, 5) is 9.76. The van der Waals surface area contributed by atoms with Crippen LogP contribution in [0.25, 0.3) is 0 Å². The van der Waals surface area contributed by atoms with Crippen LogP contribution >= 0.6 is 0 Å². The molecule has 0 saturated carbocycles. The third-order valence-electron chi connectivity index (χ3n) is 0.872. The molecule has 0 spiro atoms. The molecule has 0 unspecified atom stereocenters. The van der Waals surface area contributed by atoms with Gasteiger partial charge in [0.15, 0.2) is 0 Å². The zero-order valence-corrected chi connectivity index (χ0v) is 5.42. The molecule has 0 rings (SSSR count). The van der Waals surface area contributed by atoms with Crippen molar-refractivity contribution in [2.24, 2.45) is 0 Å². The van der Waals surface area contributed by atoms with Crippen LogP contribution in [0.4, 0.5) is 0 Å². The molecule has 10 heavy (non-hydrogen) atoms. The summed E-state index contributed by atoms with van der Waals surface area (Å²) in [5.74, 6) is 0. The fourth-order valence-electron chi connectivity index (χ4n) is 0.425. The van der Waals surface area contributed by atoms with E-state index in [0.29, 0.717) is 18.5 Å². The molecule has 4 nitrogen and oxygen atoms in total. The Morgan fingerprint density at radius 2 is 2.20 bits per heavy atom. The van der Waals surface area contributed by atoms with E-state index in [9.17, 15) is 4.79 Å². The lowest BCUT2D eigenvalue weighted by atomic mass is 10.3. The van der Waals surface area contributed by atoms with Gasteiger partial charge in [-0.05, 0) is 11.6 Å². The van der Waals surface area contributed by atoms with Crippen LogP contribution < -0.4 is 5.32 Å². The molecular formula is C6H9N3O. The lowest BCUT2D eigenvalue weighted by Crippen LogP contribution is -2.14. The first-order valence-corrected chi connectivity index (χ1v) is 2.72. The SMILES string of the molecule is N=C/C=C(\C=N)CNC=O. The number of amides is 1. The molecule has 1 amide bonds. The second-order valence-electron chi connectivity index (χ2n) is 1.55. The number of rotatable bonds is 5. The number of nitrogens with one attached hydrogen (secondary N) is 3. The van der Waals surface area contributed by atoms with Gasteiger partial charge < -0.3 is 16.1 Å². The van der Waals surface area contributed by atoms with Crippen molar-refractivity contribution >= 4 is 18.8 Å². The predicted molar refractivity (Wildman–Crippen MR) is 39.7 cm³/mol. The van der Waals surface area contributed by atoms with E-state index in [-0.39, 0.29) is 0 Å². The number of carbonyl (C=O) groups excluding carboxylic acids is 1. The van der Waals surface area contributed by atoms with Crippen molar-refractivity contribution in [1.29, 1.82) is 10.8 Å². The normalized spacial score (nSPS) is 10.2. The van der Waals surface area contributed by atoms with E-state index in [0.717, 1.165) is 12.4 Å². The zero-order valence-electron chi connectivity index (χ0n) is 5.42. The average molecular weight is 139 g/mol. The summed E-state index contributed by atoms with van der Waals surface area (Å²) in [6.07, 6.45) is 4.18. The highest BCUT2D eigenvalue weighted by molar-refractivity contribution is 5.84. The summed E-state index contributed by atoms with van der Waals surface area (Å²) in [6, 6.07) is 0. The molecular weight excluding hydrogens is 130 g/mol. The quantitative estimate of drug-likeness (QED) is 0.362. The molecule has 3 N–H and O–H groups in total. The second kappa shape index (κ2) is 5.68. The summed E-state index contributed by atoms with van der Waals surface area (Å²) in [5.41, 5.74) is 0.599. The smallest absolute Gasteiger partial charge is 0.207 e. The van der Waals surface area contributed by atoms with Gasteiger partial charge in [0.2, 0.25) is 6.41 Å². The first kappa shape index (κ1) is 8.55. The molecule has 0 heterocycles. The molecule has 0 aromatic rings. The number of carbonyl (C=O) groups is 1. The van der Waals surface area contributed by atoms with Crippen LogP contribution in [0.3, 0.4) is 0 Å². The topological polar surface area (TPSA) is 76.8 Å². The molecule has 0 radical (unpaired) electrons. The molecule has 0 aliphatic rings. The predicted octanol–water partition coefficient (Wildman–Crippen LogP) is -0.0421. The molecule has 4 heteroatoms. The van der Waals surface area contributed by atoms with E-state index < -0.39 is 0 Å². The van der Waals surface area contributed by atoms with Crippen LogP contribution in [-0.4, -0.2) is 25.4 Å². The van der Waals surface area contributed by atoms with Crippen LogP contribution in [0.5, 0.6) is 0 Å². The molecule has 0 aliphatic heterocycles. The Morgan fingerprint density at radius 3 is 2.60 bits per heavy atom. The number of hydrogen-bond donors (Lipinski definition) is 3. The molecule has 54 valence electrons. The third-order valence-corrected chi connectivity index (χ3v) is 0.872. The Morgan fingerprint density at radius 1 is 1.50 bits per heavy atom. The van der Waals surface area contributed by atoms with Gasteiger partial charge in [0.05, 0.1) is 0 Å². The average Bonchev–Trinajstić information content (AvgIpc) is 1.98. The Balaban J connectivity index is 3.81. The van der Waals surface area contributed by atoms with Crippen LogP contribution in [0.1, 0.15) is 0 Å². The molecule has 0 atom stereocenters. The summed E-state index contributed by atoms with van der Waals surface area (Å²) in [7, 11) is 0. The van der Waals surface area contributed by atoms with Gasteiger partial charge in [-0.15, -0.1) is 0 Å². The minimum absolute atomic E-state index is 0.308. The standard InChI is InChI=1S/C6H9N3O/c7-2-1-6(3-8)4-9-5-10/h1-3,5,7-8H,4H2,(H,9,10)/b6-1+,7-2?,8-3?. The van der Waals surface area contributed by atoms with Gasteiger partial charge in [0.1, 0.15) is 0 Å². The Kier molecular flexibility index (Phi) is 4.86. The third kappa shape index (κ3) is 3.54. The summed E-state index contributed by atoms with van der Waals surface area (Å²) >= 11 is 0. The van der Waals surface area contributed by atoms with E-state index in [1.165, 1.54) is 6.08 Å². The van der Waals surface area contributed by atoms with Crippen LogP contribution in [-0.2, 0) is 4.79 Å². The minimum Gasteiger partial charge on any atom is -0.355 e. The van der Waals surface area contributed by atoms with Gasteiger partial charge >= 0.3 is 0 Å². The fraction of sp³-hybridized carbons (Fsp3) is 0.167. The van der Waals surface area contributed by atoms with Crippen molar-refractivity contribution in [3.63, 3.8) is 0 Å². The van der Waals surface area contributed by atoms with Gasteiger partial charge in [-0.1, -0.05) is 0 Å². The van der Waals surface area contributed by atoms with Gasteiger partial charge in [-0.2, -0.15) is 0 Å². The largest absolute Gasteiger partial charge is 0.355 e. The molecule has 0 saturated heterocycles. The van der Waals surface area contributed by atoms with E-state index >= 15 is 0 Å². The van der Waals surface area contributed by atoms with Gasteiger partial charge in [-0.3, -0.25) is 4.79 Å². The lowest BCUT2D eigenvalue weighted by Gasteiger charge is -1.95. The molecule has 0 aromatic carbocycles. The molecule has 0 aliphatic carbocycles. The first-order valence-electron chi connectivity index (χ1n) is 2.72. The monoisotopic (exact) mass is 139 g/mol. The maximum Gasteiger partial charge on any atom is 0.207 e. The van der Waals surface area contributed by atoms with Gasteiger partial charge in [0.25, 0.3) is 0 Å². The Labute approximate surface area is 59.0 Å². The summed E-state index contributed by atoms with van der Waals surface area (Å²) < 4.78 is 0. The Hall–Kier alpha value is -1.45. The maximum atomic E-state index is 9.76. The van der Waals surface area contributed by atoms with Crippen LogP contribution in [0.2, 0.25) is 0 Å². The fourth-order valence-corrected chi connectivity index (χ4v) is 0.425. The van der Waals surface area contributed by atoms with Crippen molar-refractivity contribution in [3.05, 3.63) is 11.6 Å². The summed E-state index contributed by atoms with van der Waals surface area (Å²) in [6.45, 7) is 0.308. The summed E-state index contributed by atoms with van der Waals surface area (Å²) in [5, 5.41) is 15.8. The van der Waals surface area contributed by atoms with E-state index in [1.807, 2.05) is 0 Å². The highest BCUT2D eigenvalue weighted by atomic mass is 16.1. The number of hydrogen-bond acceptors (Lipinski definition) is 3. The minimum atomic E-state index is 0.308. The Bertz CT molecular complexity index is 162. The van der Waals surface area contributed by atoms with Gasteiger partial charge in [0, 0.05) is 19.0 Å². The van der Waals surface area contributed by atoms with E-state index in [2.05, 4.69) is 5.32 Å². The van der Waals surface area contributed by atoms with Gasteiger partial charge in [-0.25, -0.2) is 0 Å². The van der Waals surface area contributed by atoms with Crippen LogP contribution in [0.15, 0.2) is 11.6 Å². The highest BCUT2D eigenvalue weighted by Gasteiger charge is 1.87. The number of allylic oxidation sites excluding steroid dienone is 1. The van der Waals surface area contributed by atoms with Crippen molar-refractivity contribution in [2.75, 3.05) is 6.54 Å². The second-order valence-corrected chi connectivity index (χ2v) is 1.55. The van der Waals surface area contributed by atoms with Crippen LogP contribution in [0, 0.1) is 10.8 Å². The maximum absolute atomic E-state index is 9.76. The van der Waals surface area contributed by atoms with Crippen molar-refractivity contribution in [3.8, 4) is 0 Å². The first-order chi connectivity index (χ1) is 4.85. The zero-order chi connectivity index (χ0) is 7.82. The van der Waals surface area contributed by atoms with E-state index in [4.69, 9.17) is 10.8 Å². The highest BCUT2D eigenvalue weighted by Crippen LogP contribution is 1.82. The van der Waals surface area contributed by atoms with Crippen molar-refractivity contribution in [2.45, 2.75) is 0 Å². The van der Waals surface area contributed by atoms with Crippen molar-refractivity contribution < 1.29 is 4.79 Å². The molecule has 0 bridgehead atoms. The molecule has 0 fully saturated rings. The van der Waals surface area contributed by atoms with E-state index in [1.54, 1.807) is 0 Å².